The van der Waals surface area contributed by atoms with Gasteiger partial charge in [-0.15, -0.1) is 5.06 Å². The first-order chi connectivity index (χ1) is 13.2. The minimum absolute atomic E-state index is 0.450. The molecule has 0 saturated carbocycles. The van der Waals surface area contributed by atoms with Crippen molar-refractivity contribution >= 4 is 45.3 Å². The van der Waals surface area contributed by atoms with E-state index in [2.05, 4.69) is 20.5 Å². The predicted molar refractivity (Wildman–Crippen MR) is 104 cm³/mol. The maximum absolute atomic E-state index is 12.3. The van der Waals surface area contributed by atoms with Gasteiger partial charge in [0.1, 0.15) is 0 Å². The number of hydrogen-bond donors (Lipinski definition) is 3. The Bertz CT molecular complexity index is 1170. The molecule has 2 aromatic heterocycles. The zero-order valence-electron chi connectivity index (χ0n) is 14.3. The number of halogens is 1. The smallest absolute Gasteiger partial charge is 0.357 e. The summed E-state index contributed by atoms with van der Waals surface area (Å²) in [4.78, 5) is 21.1. The lowest BCUT2D eigenvalue weighted by atomic mass is 10.0. The van der Waals surface area contributed by atoms with Crippen LogP contribution in [-0.2, 0) is 17.8 Å². The van der Waals surface area contributed by atoms with Gasteiger partial charge in [-0.25, -0.2) is 4.79 Å². The number of carbonyl (C=O) groups is 1. The highest BCUT2D eigenvalue weighted by Crippen LogP contribution is 2.32. The molecular weight excluding hydrogens is 366 g/mol. The lowest BCUT2D eigenvalue weighted by Crippen LogP contribution is -2.34. The summed E-state index contributed by atoms with van der Waals surface area (Å²) in [6, 6.07) is 13.4. The van der Waals surface area contributed by atoms with Crippen LogP contribution in [0.4, 0.5) is 10.6 Å². The fourth-order valence-corrected chi connectivity index (χ4v) is 3.89. The van der Waals surface area contributed by atoms with Crippen LogP contribution in [0.15, 0.2) is 42.5 Å². The van der Waals surface area contributed by atoms with Crippen molar-refractivity contribution in [2.75, 3.05) is 11.9 Å². The van der Waals surface area contributed by atoms with E-state index < -0.39 is 6.09 Å². The number of nitrogens with one attached hydrogen (secondary N) is 3. The zero-order valence-corrected chi connectivity index (χ0v) is 15.0. The zero-order chi connectivity index (χ0) is 18.4. The van der Waals surface area contributed by atoms with Gasteiger partial charge in [-0.3, -0.25) is 10.4 Å². The molecule has 0 saturated heterocycles. The van der Waals surface area contributed by atoms with Crippen molar-refractivity contribution in [3.63, 3.8) is 0 Å². The van der Waals surface area contributed by atoms with Gasteiger partial charge in [-0.1, -0.05) is 29.8 Å². The molecule has 2 aromatic carbocycles. The molecular formula is C19H16ClN5O2. The topological polar surface area (TPSA) is 86.0 Å². The van der Waals surface area contributed by atoms with Gasteiger partial charge in [0.15, 0.2) is 5.82 Å². The number of carbonyl (C=O) groups excluding carboxylic acids is 1. The maximum Gasteiger partial charge on any atom is 0.432 e. The van der Waals surface area contributed by atoms with Crippen molar-refractivity contribution in [2.45, 2.75) is 13.0 Å². The Morgan fingerprint density at radius 3 is 2.96 bits per heavy atom. The van der Waals surface area contributed by atoms with Crippen molar-refractivity contribution in [1.82, 2.24) is 20.2 Å². The summed E-state index contributed by atoms with van der Waals surface area (Å²) in [7, 11) is 0. The average Bonchev–Trinajstić information content (AvgIpc) is 3.23. The highest BCUT2D eigenvalue weighted by molar-refractivity contribution is 6.35. The molecule has 1 amide bonds. The molecule has 0 fully saturated rings. The number of nitrogens with zero attached hydrogens (tertiary/aromatic N) is 2. The molecule has 136 valence electrons. The molecule has 8 heteroatoms. The van der Waals surface area contributed by atoms with Crippen LogP contribution < -0.4 is 5.32 Å². The van der Waals surface area contributed by atoms with Crippen LogP contribution >= 0.6 is 11.6 Å². The molecule has 0 unspecified atom stereocenters. The number of para-hydroxylation sites is 1. The Morgan fingerprint density at radius 1 is 1.19 bits per heavy atom. The van der Waals surface area contributed by atoms with E-state index in [1.807, 2.05) is 42.5 Å². The number of amides is 1. The second kappa shape index (κ2) is 6.29. The van der Waals surface area contributed by atoms with Gasteiger partial charge in [0.2, 0.25) is 0 Å². The lowest BCUT2D eigenvalue weighted by Gasteiger charge is -2.25. The minimum atomic E-state index is -0.565. The van der Waals surface area contributed by atoms with E-state index in [0.717, 1.165) is 38.9 Å². The van der Waals surface area contributed by atoms with E-state index >= 15 is 0 Å². The normalized spacial score (nSPS) is 14.4. The summed E-state index contributed by atoms with van der Waals surface area (Å²) in [6.07, 6.45) is 0.183. The number of anilines is 1. The van der Waals surface area contributed by atoms with Crippen LogP contribution in [0.1, 0.15) is 11.3 Å². The van der Waals surface area contributed by atoms with E-state index in [0.29, 0.717) is 18.9 Å². The third-order valence-electron chi connectivity index (χ3n) is 4.81. The van der Waals surface area contributed by atoms with Gasteiger partial charge in [0, 0.05) is 28.5 Å². The molecule has 1 aliphatic heterocycles. The van der Waals surface area contributed by atoms with Gasteiger partial charge in [0.25, 0.3) is 0 Å². The van der Waals surface area contributed by atoms with Crippen molar-refractivity contribution < 1.29 is 9.63 Å². The summed E-state index contributed by atoms with van der Waals surface area (Å²) in [5.41, 5.74) is 4.06. The minimum Gasteiger partial charge on any atom is -0.357 e. The molecule has 0 atom stereocenters. The molecule has 4 aromatic rings. The fraction of sp³-hybridized carbons (Fsp3) is 0.158. The molecule has 7 nitrogen and oxygen atoms in total. The fourth-order valence-electron chi connectivity index (χ4n) is 3.60. The maximum atomic E-state index is 12.3. The Labute approximate surface area is 159 Å². The van der Waals surface area contributed by atoms with Gasteiger partial charge in [0.05, 0.1) is 17.1 Å². The lowest BCUT2D eigenvalue weighted by molar-refractivity contribution is -0.106. The van der Waals surface area contributed by atoms with Crippen LogP contribution in [0.25, 0.3) is 21.8 Å². The van der Waals surface area contributed by atoms with E-state index in [1.54, 1.807) is 5.06 Å². The number of aromatic nitrogens is 3. The van der Waals surface area contributed by atoms with E-state index in [9.17, 15) is 4.79 Å². The molecule has 5 rings (SSSR count). The van der Waals surface area contributed by atoms with Crippen LogP contribution in [0.3, 0.4) is 0 Å². The predicted octanol–water partition coefficient (Wildman–Crippen LogP) is 4.22. The highest BCUT2D eigenvalue weighted by Gasteiger charge is 2.24. The van der Waals surface area contributed by atoms with E-state index in [4.69, 9.17) is 16.4 Å². The van der Waals surface area contributed by atoms with Crippen molar-refractivity contribution in [2.24, 2.45) is 0 Å². The van der Waals surface area contributed by atoms with Crippen LogP contribution in [0.5, 0.6) is 0 Å². The third kappa shape index (κ3) is 2.81. The molecule has 0 spiro atoms. The summed E-state index contributed by atoms with van der Waals surface area (Å²) in [5, 5.41) is 14.0. The number of hydrogen-bond acceptors (Lipinski definition) is 4. The van der Waals surface area contributed by atoms with Crippen molar-refractivity contribution in [1.29, 1.82) is 0 Å². The van der Waals surface area contributed by atoms with Gasteiger partial charge in [-0.05, 0) is 36.2 Å². The number of hydroxylamine groups is 2. The molecule has 3 N–H and O–H groups in total. The molecule has 0 bridgehead atoms. The summed E-state index contributed by atoms with van der Waals surface area (Å²) < 4.78 is 0. The molecule has 0 aliphatic carbocycles. The molecule has 27 heavy (non-hydrogen) atoms. The Kier molecular flexibility index (Phi) is 3.77. The van der Waals surface area contributed by atoms with Crippen LogP contribution in [-0.4, -0.2) is 32.9 Å². The van der Waals surface area contributed by atoms with Gasteiger partial charge < -0.3 is 9.82 Å². The number of aromatic amines is 2. The van der Waals surface area contributed by atoms with Gasteiger partial charge >= 0.3 is 6.09 Å². The third-order valence-corrected chi connectivity index (χ3v) is 5.13. The highest BCUT2D eigenvalue weighted by atomic mass is 35.5. The summed E-state index contributed by atoms with van der Waals surface area (Å²) >= 11 is 6.34. The average molecular weight is 382 g/mol. The number of fused-ring (bicyclic) bond motifs is 4. The van der Waals surface area contributed by atoms with E-state index in [-0.39, 0.29) is 0 Å². The number of rotatable bonds is 2. The summed E-state index contributed by atoms with van der Waals surface area (Å²) in [6.45, 7) is 1.08. The standard InChI is InChI=1S/C19H16ClN5O2/c20-13-5-3-7-15-17(13)11-8-9-25(10-16(11)21-15)27-19(26)22-18-12-4-1-2-6-14(12)23-24-18/h1-7,21H,8-10H2,(H2,22,23,24,26). The molecule has 1 aliphatic rings. The second-order valence-electron chi connectivity index (χ2n) is 6.48. The number of benzene rings is 2. The summed E-state index contributed by atoms with van der Waals surface area (Å²) in [5.74, 6) is 0.450. The van der Waals surface area contributed by atoms with Crippen molar-refractivity contribution in [3.05, 3.63) is 58.7 Å². The first kappa shape index (κ1) is 16.2. The van der Waals surface area contributed by atoms with Crippen molar-refractivity contribution in [3.8, 4) is 0 Å². The van der Waals surface area contributed by atoms with E-state index in [1.165, 1.54) is 5.56 Å². The Hall–Kier alpha value is -3.03. The molecule has 0 radical (unpaired) electrons. The van der Waals surface area contributed by atoms with Gasteiger partial charge in [-0.2, -0.15) is 5.10 Å². The SMILES string of the molecule is O=C(Nc1n[nH]c2ccccc12)ON1CCc2c([nH]c3cccc(Cl)c23)C1. The second-order valence-corrected chi connectivity index (χ2v) is 6.89. The molecule has 3 heterocycles. The largest absolute Gasteiger partial charge is 0.432 e. The number of H-pyrrole nitrogens is 2. The Morgan fingerprint density at radius 2 is 2.04 bits per heavy atom. The Balaban J connectivity index is 1.31. The first-order valence-electron chi connectivity index (χ1n) is 8.64. The quantitative estimate of drug-likeness (QED) is 0.485. The first-order valence-corrected chi connectivity index (χ1v) is 9.02. The van der Waals surface area contributed by atoms with Crippen LogP contribution in [0.2, 0.25) is 5.02 Å². The monoisotopic (exact) mass is 381 g/mol. The van der Waals surface area contributed by atoms with Crippen LogP contribution in [0, 0.1) is 0 Å².